The normalized spacial score (nSPS) is 12.9. The molecule has 2 nitrogen and oxygen atoms in total. The summed E-state index contributed by atoms with van der Waals surface area (Å²) in [5, 5.41) is 0. The number of nitrogens with zero attached hydrogens (tertiary/aromatic N) is 1. The summed E-state index contributed by atoms with van der Waals surface area (Å²) in [6.07, 6.45) is 0. The predicted octanol–water partition coefficient (Wildman–Crippen LogP) is 3.08. The van der Waals surface area contributed by atoms with Crippen LogP contribution >= 0.6 is 0 Å². The first-order valence-corrected chi connectivity index (χ1v) is 5.79. The topological polar surface area (TPSA) is 29.3 Å². The largest absolute Gasteiger partial charge is 0.367 e. The van der Waals surface area contributed by atoms with Crippen molar-refractivity contribution < 1.29 is 4.39 Å². The molecular weight excluding hydrogens is 203 g/mol. The van der Waals surface area contributed by atoms with E-state index in [0.29, 0.717) is 11.7 Å². The highest BCUT2D eigenvalue weighted by Crippen LogP contribution is 2.24. The lowest BCUT2D eigenvalue weighted by Gasteiger charge is -2.28. The Morgan fingerprint density at radius 3 is 2.31 bits per heavy atom. The Morgan fingerprint density at radius 1 is 1.31 bits per heavy atom. The van der Waals surface area contributed by atoms with Gasteiger partial charge in [0.2, 0.25) is 0 Å². The van der Waals surface area contributed by atoms with E-state index in [0.717, 1.165) is 12.1 Å². The third kappa shape index (κ3) is 2.73. The van der Waals surface area contributed by atoms with E-state index in [2.05, 4.69) is 13.8 Å². The molecule has 2 N–H and O–H groups in total. The molecule has 0 aliphatic rings. The van der Waals surface area contributed by atoms with E-state index in [1.54, 1.807) is 0 Å². The van der Waals surface area contributed by atoms with Crippen LogP contribution in [0.1, 0.15) is 39.3 Å². The van der Waals surface area contributed by atoms with Gasteiger partial charge in [0, 0.05) is 18.6 Å². The Morgan fingerprint density at radius 2 is 1.94 bits per heavy atom. The second kappa shape index (κ2) is 5.30. The summed E-state index contributed by atoms with van der Waals surface area (Å²) in [7, 11) is 0. The molecule has 0 fully saturated rings. The van der Waals surface area contributed by atoms with Crippen LogP contribution in [0.15, 0.2) is 18.2 Å². The molecule has 0 aromatic heterocycles. The summed E-state index contributed by atoms with van der Waals surface area (Å²) in [5.41, 5.74) is 7.21. The fourth-order valence-electron chi connectivity index (χ4n) is 1.85. The van der Waals surface area contributed by atoms with Crippen LogP contribution in [0.3, 0.4) is 0 Å². The zero-order valence-corrected chi connectivity index (χ0v) is 10.5. The van der Waals surface area contributed by atoms with Gasteiger partial charge < -0.3 is 10.6 Å². The van der Waals surface area contributed by atoms with Crippen molar-refractivity contribution in [2.45, 2.75) is 39.8 Å². The van der Waals surface area contributed by atoms with Crippen LogP contribution < -0.4 is 10.6 Å². The molecule has 0 bridgehead atoms. The van der Waals surface area contributed by atoms with Gasteiger partial charge in [-0.1, -0.05) is 6.07 Å². The minimum atomic E-state index is -0.189. The van der Waals surface area contributed by atoms with Crippen molar-refractivity contribution in [1.29, 1.82) is 0 Å². The molecule has 1 atom stereocenters. The average molecular weight is 224 g/mol. The Labute approximate surface area is 97.3 Å². The Bertz CT molecular complexity index is 348. The summed E-state index contributed by atoms with van der Waals surface area (Å²) < 4.78 is 13.9. The van der Waals surface area contributed by atoms with Crippen molar-refractivity contribution in [2.24, 2.45) is 5.73 Å². The zero-order chi connectivity index (χ0) is 12.3. The molecule has 0 heterocycles. The molecule has 0 spiro atoms. The smallest absolute Gasteiger partial charge is 0.146 e. The number of nitrogens with two attached hydrogens (primary N) is 1. The molecule has 0 aliphatic carbocycles. The summed E-state index contributed by atoms with van der Waals surface area (Å²) in [5.74, 6) is -0.189. The van der Waals surface area contributed by atoms with Crippen molar-refractivity contribution in [3.8, 4) is 0 Å². The molecule has 1 aromatic rings. The average Bonchev–Trinajstić information content (AvgIpc) is 2.20. The van der Waals surface area contributed by atoms with Crippen LogP contribution in [0.4, 0.5) is 10.1 Å². The SMILES string of the molecule is CCN(c1ccc([C@@H](C)N)cc1F)C(C)C. The van der Waals surface area contributed by atoms with Crippen molar-refractivity contribution >= 4 is 5.69 Å². The van der Waals surface area contributed by atoms with Crippen LogP contribution in [-0.4, -0.2) is 12.6 Å². The standard InChI is InChI=1S/C13H21FN2/c1-5-16(9(2)3)13-7-6-11(10(4)15)8-12(13)14/h6-10H,5,15H2,1-4H3/t10-/m1/s1. The fraction of sp³-hybridized carbons (Fsp3) is 0.538. The van der Waals surface area contributed by atoms with Gasteiger partial charge in [0.1, 0.15) is 5.82 Å². The molecule has 0 saturated heterocycles. The number of hydrogen-bond donors (Lipinski definition) is 1. The molecule has 0 amide bonds. The number of halogens is 1. The van der Waals surface area contributed by atoms with E-state index in [-0.39, 0.29) is 11.9 Å². The molecule has 0 radical (unpaired) electrons. The number of rotatable bonds is 4. The van der Waals surface area contributed by atoms with E-state index in [9.17, 15) is 4.39 Å². The van der Waals surface area contributed by atoms with Crippen molar-refractivity contribution in [1.82, 2.24) is 0 Å². The first-order chi connectivity index (χ1) is 7.47. The number of benzene rings is 1. The molecule has 1 aromatic carbocycles. The van der Waals surface area contributed by atoms with Crippen molar-refractivity contribution in [2.75, 3.05) is 11.4 Å². The monoisotopic (exact) mass is 224 g/mol. The van der Waals surface area contributed by atoms with Crippen LogP contribution in [0.25, 0.3) is 0 Å². The van der Waals surface area contributed by atoms with Gasteiger partial charge >= 0.3 is 0 Å². The maximum Gasteiger partial charge on any atom is 0.146 e. The van der Waals surface area contributed by atoms with Crippen LogP contribution in [0.2, 0.25) is 0 Å². The van der Waals surface area contributed by atoms with Gasteiger partial charge in [-0.25, -0.2) is 4.39 Å². The van der Waals surface area contributed by atoms with Gasteiger partial charge in [-0.3, -0.25) is 0 Å². The Balaban J connectivity index is 3.06. The zero-order valence-electron chi connectivity index (χ0n) is 10.5. The lowest BCUT2D eigenvalue weighted by atomic mass is 10.1. The predicted molar refractivity (Wildman–Crippen MR) is 67.2 cm³/mol. The van der Waals surface area contributed by atoms with E-state index >= 15 is 0 Å². The van der Waals surface area contributed by atoms with Gasteiger partial charge in [-0.15, -0.1) is 0 Å². The molecule has 0 aliphatic heterocycles. The second-order valence-corrected chi connectivity index (χ2v) is 4.38. The first-order valence-electron chi connectivity index (χ1n) is 5.79. The van der Waals surface area contributed by atoms with Crippen LogP contribution in [0, 0.1) is 5.82 Å². The van der Waals surface area contributed by atoms with E-state index in [1.165, 1.54) is 6.07 Å². The van der Waals surface area contributed by atoms with Gasteiger partial charge in [0.15, 0.2) is 0 Å². The quantitative estimate of drug-likeness (QED) is 0.851. The molecular formula is C13H21FN2. The molecule has 0 saturated carbocycles. The Hall–Kier alpha value is -1.09. The highest BCUT2D eigenvalue weighted by molar-refractivity contribution is 5.50. The maximum absolute atomic E-state index is 13.9. The third-order valence-electron chi connectivity index (χ3n) is 2.77. The van der Waals surface area contributed by atoms with E-state index in [4.69, 9.17) is 5.73 Å². The molecule has 90 valence electrons. The summed E-state index contributed by atoms with van der Waals surface area (Å²) in [6.45, 7) is 8.80. The van der Waals surface area contributed by atoms with Crippen molar-refractivity contribution in [3.05, 3.63) is 29.6 Å². The summed E-state index contributed by atoms with van der Waals surface area (Å²) in [6, 6.07) is 5.41. The van der Waals surface area contributed by atoms with Crippen molar-refractivity contribution in [3.63, 3.8) is 0 Å². The number of anilines is 1. The van der Waals surface area contributed by atoms with E-state index in [1.807, 2.05) is 30.9 Å². The van der Waals surface area contributed by atoms with Gasteiger partial charge in [0.05, 0.1) is 5.69 Å². The lowest BCUT2D eigenvalue weighted by Crippen LogP contribution is -2.31. The van der Waals surface area contributed by atoms with Gasteiger partial charge in [-0.2, -0.15) is 0 Å². The Kier molecular flexibility index (Phi) is 4.30. The van der Waals surface area contributed by atoms with Gasteiger partial charge in [0.25, 0.3) is 0 Å². The minimum Gasteiger partial charge on any atom is -0.367 e. The minimum absolute atomic E-state index is 0.127. The summed E-state index contributed by atoms with van der Waals surface area (Å²) >= 11 is 0. The molecule has 3 heteroatoms. The highest BCUT2D eigenvalue weighted by atomic mass is 19.1. The first kappa shape index (κ1) is 13.0. The third-order valence-corrected chi connectivity index (χ3v) is 2.77. The van der Waals surface area contributed by atoms with E-state index < -0.39 is 0 Å². The molecule has 0 unspecified atom stereocenters. The van der Waals surface area contributed by atoms with Crippen LogP contribution in [0.5, 0.6) is 0 Å². The summed E-state index contributed by atoms with van der Waals surface area (Å²) in [4.78, 5) is 2.03. The van der Waals surface area contributed by atoms with Crippen LogP contribution in [-0.2, 0) is 0 Å². The lowest BCUT2D eigenvalue weighted by molar-refractivity contribution is 0.600. The molecule has 16 heavy (non-hydrogen) atoms. The highest BCUT2D eigenvalue weighted by Gasteiger charge is 2.14. The maximum atomic E-state index is 13.9. The second-order valence-electron chi connectivity index (χ2n) is 4.38. The fourth-order valence-corrected chi connectivity index (χ4v) is 1.85. The number of hydrogen-bond acceptors (Lipinski definition) is 2. The molecule has 1 rings (SSSR count). The van der Waals surface area contributed by atoms with Gasteiger partial charge in [-0.05, 0) is 45.4 Å².